The smallest absolute Gasteiger partial charge is 0.322 e. The van der Waals surface area contributed by atoms with E-state index >= 15 is 0 Å². The summed E-state index contributed by atoms with van der Waals surface area (Å²) in [4.78, 5) is 29.3. The van der Waals surface area contributed by atoms with Gasteiger partial charge in [-0.15, -0.1) is 0 Å². The average Bonchev–Trinajstić information content (AvgIpc) is 3.20. The third-order valence-corrected chi connectivity index (χ3v) is 5.28. The molecule has 174 valence electrons. The van der Waals surface area contributed by atoms with Crippen LogP contribution >= 0.6 is 11.6 Å². The number of nitrogens with zero attached hydrogens (tertiary/aromatic N) is 2. The summed E-state index contributed by atoms with van der Waals surface area (Å²) in [6.45, 7) is 4.72. The second-order valence-corrected chi connectivity index (χ2v) is 8.14. The van der Waals surface area contributed by atoms with E-state index in [0.29, 0.717) is 31.0 Å². The first-order valence-electron chi connectivity index (χ1n) is 10.7. The lowest BCUT2D eigenvalue weighted by Gasteiger charge is -2.27. The Morgan fingerprint density at radius 3 is 2.42 bits per heavy atom. The van der Waals surface area contributed by atoms with E-state index in [4.69, 9.17) is 16.0 Å². The number of carbonyl (C=O) groups excluding carboxylic acids is 2. The highest BCUT2D eigenvalue weighted by Crippen LogP contribution is 2.20. The summed E-state index contributed by atoms with van der Waals surface area (Å²) in [5.74, 6) is 0.653. The van der Waals surface area contributed by atoms with Crippen LogP contribution in [0.3, 0.4) is 0 Å². The molecule has 3 aromatic rings. The summed E-state index contributed by atoms with van der Waals surface area (Å²) in [5.41, 5.74) is 1.33. The minimum atomic E-state index is -0.569. The predicted octanol–water partition coefficient (Wildman–Crippen LogP) is 5.85. The lowest BCUT2D eigenvalue weighted by molar-refractivity contribution is -0.133. The van der Waals surface area contributed by atoms with Crippen LogP contribution in [0, 0.1) is 12.7 Å². The Kier molecular flexibility index (Phi) is 8.49. The van der Waals surface area contributed by atoms with E-state index in [1.165, 1.54) is 23.1 Å². The van der Waals surface area contributed by atoms with E-state index in [1.54, 1.807) is 4.90 Å². The van der Waals surface area contributed by atoms with Crippen LogP contribution in [0.15, 0.2) is 65.1 Å². The molecule has 0 spiro atoms. The first-order valence-corrected chi connectivity index (χ1v) is 11.1. The Bertz CT molecular complexity index is 1090. The van der Waals surface area contributed by atoms with E-state index < -0.39 is 11.8 Å². The highest BCUT2D eigenvalue weighted by atomic mass is 35.5. The van der Waals surface area contributed by atoms with Gasteiger partial charge in [-0.05, 0) is 49.2 Å². The standard InChI is InChI=1S/C25H27ClFN3O3/c1-3-13-29(25(32)28-20-10-12-23(27)22(26)14-20)17-24(31)30(15-19-7-5-4-6-8-19)16-21-11-9-18(2)33-21/h4-12,14H,3,13,15-17H2,1-2H3,(H,28,32). The second-order valence-electron chi connectivity index (χ2n) is 7.73. The van der Waals surface area contributed by atoms with Gasteiger partial charge in [0.05, 0.1) is 11.6 Å². The van der Waals surface area contributed by atoms with Crippen molar-refractivity contribution < 1.29 is 18.4 Å². The minimum absolute atomic E-state index is 0.0892. The van der Waals surface area contributed by atoms with Crippen LogP contribution in [0.25, 0.3) is 0 Å². The first kappa shape index (κ1) is 24.3. The molecule has 3 rings (SSSR count). The van der Waals surface area contributed by atoms with Crippen molar-refractivity contribution in [1.82, 2.24) is 9.80 Å². The van der Waals surface area contributed by atoms with Crippen LogP contribution in [0.4, 0.5) is 14.9 Å². The molecule has 0 bridgehead atoms. The van der Waals surface area contributed by atoms with Gasteiger partial charge in [0.15, 0.2) is 0 Å². The number of amides is 3. The first-order chi connectivity index (χ1) is 15.9. The monoisotopic (exact) mass is 471 g/mol. The van der Waals surface area contributed by atoms with Crippen molar-refractivity contribution in [1.29, 1.82) is 0 Å². The maximum atomic E-state index is 13.4. The van der Waals surface area contributed by atoms with Crippen molar-refractivity contribution in [3.8, 4) is 0 Å². The fraction of sp³-hybridized carbons (Fsp3) is 0.280. The Balaban J connectivity index is 1.74. The molecule has 0 atom stereocenters. The molecule has 0 fully saturated rings. The number of carbonyl (C=O) groups is 2. The second kappa shape index (κ2) is 11.5. The van der Waals surface area contributed by atoms with Crippen molar-refractivity contribution in [3.63, 3.8) is 0 Å². The fourth-order valence-electron chi connectivity index (χ4n) is 3.36. The van der Waals surface area contributed by atoms with Gasteiger partial charge in [-0.3, -0.25) is 4.79 Å². The molecular formula is C25H27ClFN3O3. The van der Waals surface area contributed by atoms with Gasteiger partial charge in [-0.25, -0.2) is 9.18 Å². The third-order valence-electron chi connectivity index (χ3n) is 4.99. The molecule has 1 N–H and O–H groups in total. The van der Waals surface area contributed by atoms with Crippen LogP contribution in [0.2, 0.25) is 5.02 Å². The van der Waals surface area contributed by atoms with Gasteiger partial charge in [0.25, 0.3) is 0 Å². The number of anilines is 1. The van der Waals surface area contributed by atoms with E-state index in [9.17, 15) is 14.0 Å². The van der Waals surface area contributed by atoms with Crippen LogP contribution in [0.5, 0.6) is 0 Å². The molecule has 0 saturated carbocycles. The van der Waals surface area contributed by atoms with Crippen molar-refractivity contribution in [2.75, 3.05) is 18.4 Å². The summed E-state index contributed by atoms with van der Waals surface area (Å²) in [6, 6.07) is 16.8. The number of rotatable bonds is 9. The molecule has 8 heteroatoms. The molecular weight excluding hydrogens is 445 g/mol. The zero-order valence-electron chi connectivity index (χ0n) is 18.7. The van der Waals surface area contributed by atoms with Crippen LogP contribution in [0.1, 0.15) is 30.4 Å². The van der Waals surface area contributed by atoms with Crippen molar-refractivity contribution >= 4 is 29.2 Å². The number of urea groups is 1. The van der Waals surface area contributed by atoms with Gasteiger partial charge in [0.1, 0.15) is 23.9 Å². The van der Waals surface area contributed by atoms with Gasteiger partial charge in [0, 0.05) is 18.8 Å². The van der Waals surface area contributed by atoms with Crippen LogP contribution in [-0.4, -0.2) is 34.8 Å². The SMILES string of the molecule is CCCN(CC(=O)N(Cc1ccccc1)Cc1ccc(C)o1)C(=O)Nc1ccc(F)c(Cl)c1. The third kappa shape index (κ3) is 7.08. The topological polar surface area (TPSA) is 65.8 Å². The van der Waals surface area contributed by atoms with Crippen molar-refractivity contribution in [2.24, 2.45) is 0 Å². The molecule has 2 aromatic carbocycles. The average molecular weight is 472 g/mol. The van der Waals surface area contributed by atoms with Crippen molar-refractivity contribution in [2.45, 2.75) is 33.4 Å². The summed E-state index contributed by atoms with van der Waals surface area (Å²) in [5, 5.41) is 2.60. The molecule has 0 saturated heterocycles. The maximum Gasteiger partial charge on any atom is 0.322 e. The number of halogens is 2. The van der Waals surface area contributed by atoms with E-state index in [0.717, 1.165) is 11.3 Å². The van der Waals surface area contributed by atoms with Crippen LogP contribution < -0.4 is 5.32 Å². The molecule has 0 aliphatic rings. The number of nitrogens with one attached hydrogen (secondary N) is 1. The number of benzene rings is 2. The van der Waals surface area contributed by atoms with Gasteiger partial charge in [-0.2, -0.15) is 0 Å². The summed E-state index contributed by atoms with van der Waals surface area (Å²) in [6.07, 6.45) is 0.668. The molecule has 6 nitrogen and oxygen atoms in total. The zero-order valence-corrected chi connectivity index (χ0v) is 19.4. The Morgan fingerprint density at radius 2 is 1.79 bits per heavy atom. The highest BCUT2D eigenvalue weighted by molar-refractivity contribution is 6.31. The lowest BCUT2D eigenvalue weighted by Crippen LogP contribution is -2.44. The Labute approximate surface area is 197 Å². The molecule has 0 aliphatic heterocycles. The lowest BCUT2D eigenvalue weighted by atomic mass is 10.2. The van der Waals surface area contributed by atoms with Gasteiger partial charge < -0.3 is 19.5 Å². The van der Waals surface area contributed by atoms with Crippen molar-refractivity contribution in [3.05, 3.63) is 88.6 Å². The summed E-state index contributed by atoms with van der Waals surface area (Å²) in [7, 11) is 0. The van der Waals surface area contributed by atoms with Gasteiger partial charge in [-0.1, -0.05) is 48.9 Å². The fourth-order valence-corrected chi connectivity index (χ4v) is 3.54. The molecule has 0 unspecified atom stereocenters. The Hall–Kier alpha value is -3.32. The predicted molar refractivity (Wildman–Crippen MR) is 126 cm³/mol. The summed E-state index contributed by atoms with van der Waals surface area (Å²) >= 11 is 5.81. The summed E-state index contributed by atoms with van der Waals surface area (Å²) < 4.78 is 19.1. The minimum Gasteiger partial charge on any atom is -0.464 e. The highest BCUT2D eigenvalue weighted by Gasteiger charge is 2.22. The van der Waals surface area contributed by atoms with E-state index in [-0.39, 0.29) is 24.0 Å². The maximum absolute atomic E-state index is 13.4. The molecule has 0 radical (unpaired) electrons. The molecule has 3 amide bonds. The normalized spacial score (nSPS) is 10.7. The van der Waals surface area contributed by atoms with Gasteiger partial charge in [0.2, 0.25) is 5.91 Å². The van der Waals surface area contributed by atoms with E-state index in [2.05, 4.69) is 5.32 Å². The number of hydrogen-bond acceptors (Lipinski definition) is 3. The van der Waals surface area contributed by atoms with Gasteiger partial charge >= 0.3 is 6.03 Å². The zero-order chi connectivity index (χ0) is 23.8. The molecule has 33 heavy (non-hydrogen) atoms. The molecule has 1 heterocycles. The quantitative estimate of drug-likeness (QED) is 0.425. The van der Waals surface area contributed by atoms with E-state index in [1.807, 2.05) is 56.3 Å². The number of furan rings is 1. The van der Waals surface area contributed by atoms with Crippen LogP contribution in [-0.2, 0) is 17.9 Å². The largest absolute Gasteiger partial charge is 0.464 e. The Morgan fingerprint density at radius 1 is 1.03 bits per heavy atom. The molecule has 1 aromatic heterocycles. The number of hydrogen-bond donors (Lipinski definition) is 1. The number of aryl methyl sites for hydroxylation is 1. The molecule has 0 aliphatic carbocycles.